The van der Waals surface area contributed by atoms with Crippen LogP contribution in [0.3, 0.4) is 0 Å². The number of sulfonamides is 1. The summed E-state index contributed by atoms with van der Waals surface area (Å²) in [5.41, 5.74) is 2.28. The van der Waals surface area contributed by atoms with E-state index in [0.717, 1.165) is 38.4 Å². The fourth-order valence-electron chi connectivity index (χ4n) is 4.10. The minimum absolute atomic E-state index is 0.0790. The molecule has 168 valence electrons. The highest BCUT2D eigenvalue weighted by Crippen LogP contribution is 2.26. The fraction of sp³-hybridized carbons (Fsp3) is 0.500. The molecule has 0 spiro atoms. The molecule has 0 bridgehead atoms. The van der Waals surface area contributed by atoms with Crippen molar-refractivity contribution in [2.45, 2.75) is 30.1 Å². The molecule has 1 aromatic carbocycles. The molecule has 0 aliphatic carbocycles. The number of rotatable bonds is 7. The predicted octanol–water partition coefficient (Wildman–Crippen LogP) is 2.30. The number of thiophene rings is 1. The third-order valence-electron chi connectivity index (χ3n) is 5.81. The predicted molar refractivity (Wildman–Crippen MR) is 120 cm³/mol. The number of carbonyl (C=O) groups is 1. The van der Waals surface area contributed by atoms with Gasteiger partial charge in [0.25, 0.3) is 10.0 Å². The summed E-state index contributed by atoms with van der Waals surface area (Å²) in [5.74, 6) is -0.398. The molecule has 7 nitrogen and oxygen atoms in total. The van der Waals surface area contributed by atoms with Crippen LogP contribution in [0.1, 0.15) is 24.0 Å². The van der Waals surface area contributed by atoms with E-state index in [1.807, 2.05) is 12.1 Å². The van der Waals surface area contributed by atoms with E-state index in [0.29, 0.717) is 30.1 Å². The number of nitrogens with one attached hydrogen (secondary N) is 1. The highest BCUT2D eigenvalue weighted by atomic mass is 32.2. The van der Waals surface area contributed by atoms with Crippen molar-refractivity contribution in [3.63, 3.8) is 0 Å². The Labute approximate surface area is 188 Å². The van der Waals surface area contributed by atoms with Crippen LogP contribution in [-0.2, 0) is 32.6 Å². The standard InChI is InChI=1S/C22H29N3O4S2/c26-22(20-6-2-8-25(17-20)31(27,28)21-7-3-13-30-21)23-15-18-4-1-5-19(14-18)16-24-9-11-29-12-10-24/h1,3-5,7,13-14,20H,2,6,8-12,15-17H2,(H,23,26). The Balaban J connectivity index is 1.32. The first-order chi connectivity index (χ1) is 15.0. The SMILES string of the molecule is O=C(NCc1cccc(CN2CCOCC2)c1)C1CCCN(S(=O)(=O)c2cccs2)C1. The van der Waals surface area contributed by atoms with Gasteiger partial charge in [0, 0.05) is 39.3 Å². The van der Waals surface area contributed by atoms with E-state index in [9.17, 15) is 13.2 Å². The molecule has 1 amide bonds. The summed E-state index contributed by atoms with van der Waals surface area (Å²) in [6, 6.07) is 11.6. The Morgan fingerprint density at radius 2 is 1.94 bits per heavy atom. The van der Waals surface area contributed by atoms with Gasteiger partial charge in [0.2, 0.25) is 5.91 Å². The van der Waals surface area contributed by atoms with Gasteiger partial charge in [-0.1, -0.05) is 30.3 Å². The van der Waals surface area contributed by atoms with Crippen molar-refractivity contribution in [2.75, 3.05) is 39.4 Å². The van der Waals surface area contributed by atoms with E-state index >= 15 is 0 Å². The van der Waals surface area contributed by atoms with Crippen LogP contribution in [0.25, 0.3) is 0 Å². The molecule has 3 heterocycles. The number of amides is 1. The molecule has 0 radical (unpaired) electrons. The molecule has 2 fully saturated rings. The Morgan fingerprint density at radius 1 is 1.13 bits per heavy atom. The van der Waals surface area contributed by atoms with E-state index in [1.165, 1.54) is 21.2 Å². The van der Waals surface area contributed by atoms with Crippen molar-refractivity contribution in [3.05, 3.63) is 52.9 Å². The summed E-state index contributed by atoms with van der Waals surface area (Å²) < 4.78 is 32.8. The van der Waals surface area contributed by atoms with Crippen LogP contribution >= 0.6 is 11.3 Å². The fourth-order valence-corrected chi connectivity index (χ4v) is 6.77. The van der Waals surface area contributed by atoms with E-state index in [1.54, 1.807) is 17.5 Å². The van der Waals surface area contributed by atoms with Gasteiger partial charge in [0.15, 0.2) is 0 Å². The molecule has 1 unspecified atom stereocenters. The maximum absolute atomic E-state index is 12.8. The van der Waals surface area contributed by atoms with E-state index in [2.05, 4.69) is 22.3 Å². The molecule has 1 aromatic heterocycles. The second kappa shape index (κ2) is 10.2. The second-order valence-corrected chi connectivity index (χ2v) is 11.2. The number of nitrogens with zero attached hydrogens (tertiary/aromatic N) is 2. The first kappa shape index (κ1) is 22.4. The summed E-state index contributed by atoms with van der Waals surface area (Å²) in [6.45, 7) is 5.46. The molecule has 9 heteroatoms. The third kappa shape index (κ3) is 5.72. The first-order valence-electron chi connectivity index (χ1n) is 10.7. The number of carbonyl (C=O) groups excluding carboxylic acids is 1. The van der Waals surface area contributed by atoms with Crippen LogP contribution < -0.4 is 5.32 Å². The minimum atomic E-state index is -3.51. The van der Waals surface area contributed by atoms with Gasteiger partial charge in [0.05, 0.1) is 19.1 Å². The average Bonchev–Trinajstić information content (AvgIpc) is 3.35. The highest BCUT2D eigenvalue weighted by Gasteiger charge is 2.33. The van der Waals surface area contributed by atoms with Gasteiger partial charge in [-0.3, -0.25) is 9.69 Å². The van der Waals surface area contributed by atoms with Gasteiger partial charge in [-0.2, -0.15) is 4.31 Å². The smallest absolute Gasteiger partial charge is 0.252 e. The number of piperidine rings is 1. The third-order valence-corrected chi connectivity index (χ3v) is 9.05. The molecule has 4 rings (SSSR count). The lowest BCUT2D eigenvalue weighted by Gasteiger charge is -2.30. The lowest BCUT2D eigenvalue weighted by Crippen LogP contribution is -2.45. The van der Waals surface area contributed by atoms with E-state index in [-0.39, 0.29) is 18.4 Å². The van der Waals surface area contributed by atoms with Crippen molar-refractivity contribution in [1.82, 2.24) is 14.5 Å². The second-order valence-electron chi connectivity index (χ2n) is 8.06. The van der Waals surface area contributed by atoms with Crippen LogP contribution in [0, 0.1) is 5.92 Å². The van der Waals surface area contributed by atoms with Crippen molar-refractivity contribution in [1.29, 1.82) is 0 Å². The number of hydrogen-bond donors (Lipinski definition) is 1. The summed E-state index contributed by atoms with van der Waals surface area (Å²) >= 11 is 1.21. The van der Waals surface area contributed by atoms with Gasteiger partial charge in [-0.15, -0.1) is 11.3 Å². The Morgan fingerprint density at radius 3 is 2.71 bits per heavy atom. The topological polar surface area (TPSA) is 79.0 Å². The maximum atomic E-state index is 12.8. The van der Waals surface area contributed by atoms with Crippen molar-refractivity contribution in [3.8, 4) is 0 Å². The van der Waals surface area contributed by atoms with Crippen molar-refractivity contribution in [2.24, 2.45) is 5.92 Å². The van der Waals surface area contributed by atoms with Crippen LogP contribution in [-0.4, -0.2) is 62.9 Å². The lowest BCUT2D eigenvalue weighted by atomic mass is 9.98. The van der Waals surface area contributed by atoms with Gasteiger partial charge in [0.1, 0.15) is 4.21 Å². The molecule has 2 aliphatic heterocycles. The van der Waals surface area contributed by atoms with Crippen LogP contribution in [0.4, 0.5) is 0 Å². The number of ether oxygens (including phenoxy) is 1. The zero-order valence-electron chi connectivity index (χ0n) is 17.5. The highest BCUT2D eigenvalue weighted by molar-refractivity contribution is 7.91. The zero-order valence-corrected chi connectivity index (χ0v) is 19.2. The molecule has 31 heavy (non-hydrogen) atoms. The number of benzene rings is 1. The lowest BCUT2D eigenvalue weighted by molar-refractivity contribution is -0.126. The quantitative estimate of drug-likeness (QED) is 0.682. The first-order valence-corrected chi connectivity index (χ1v) is 13.0. The van der Waals surface area contributed by atoms with Crippen LogP contribution in [0.2, 0.25) is 0 Å². The normalized spacial score (nSPS) is 21.1. The molecule has 2 aliphatic rings. The van der Waals surface area contributed by atoms with Crippen molar-refractivity contribution < 1.29 is 17.9 Å². The summed E-state index contributed by atoms with van der Waals surface area (Å²) in [6.07, 6.45) is 1.40. The molecular formula is C22H29N3O4S2. The molecule has 1 N–H and O–H groups in total. The molecule has 2 saturated heterocycles. The monoisotopic (exact) mass is 463 g/mol. The minimum Gasteiger partial charge on any atom is -0.379 e. The molecule has 0 saturated carbocycles. The van der Waals surface area contributed by atoms with Gasteiger partial charge >= 0.3 is 0 Å². The van der Waals surface area contributed by atoms with Gasteiger partial charge < -0.3 is 10.1 Å². The Hall–Kier alpha value is -1.78. The molecular weight excluding hydrogens is 434 g/mol. The van der Waals surface area contributed by atoms with Gasteiger partial charge in [-0.25, -0.2) is 8.42 Å². The van der Waals surface area contributed by atoms with Crippen LogP contribution in [0.15, 0.2) is 46.0 Å². The summed E-state index contributed by atoms with van der Waals surface area (Å²) in [5, 5.41) is 4.77. The zero-order chi connectivity index (χ0) is 21.7. The Bertz CT molecular complexity index is 972. The summed E-state index contributed by atoms with van der Waals surface area (Å²) in [7, 11) is -3.51. The van der Waals surface area contributed by atoms with Crippen LogP contribution in [0.5, 0.6) is 0 Å². The van der Waals surface area contributed by atoms with E-state index in [4.69, 9.17) is 4.74 Å². The number of hydrogen-bond acceptors (Lipinski definition) is 6. The molecule has 2 aromatic rings. The number of morpholine rings is 1. The molecule has 1 atom stereocenters. The van der Waals surface area contributed by atoms with Gasteiger partial charge in [-0.05, 0) is 35.4 Å². The average molecular weight is 464 g/mol. The maximum Gasteiger partial charge on any atom is 0.252 e. The van der Waals surface area contributed by atoms with Crippen molar-refractivity contribution >= 4 is 27.3 Å². The summed E-state index contributed by atoms with van der Waals surface area (Å²) in [4.78, 5) is 15.1. The largest absolute Gasteiger partial charge is 0.379 e. The Kier molecular flexibility index (Phi) is 7.39. The van der Waals surface area contributed by atoms with E-state index < -0.39 is 10.0 Å².